The van der Waals surface area contributed by atoms with E-state index in [4.69, 9.17) is 4.74 Å². The number of aromatic hydroxyl groups is 1. The van der Waals surface area contributed by atoms with Crippen molar-refractivity contribution in [3.8, 4) is 5.75 Å². The van der Waals surface area contributed by atoms with Gasteiger partial charge in [-0.15, -0.1) is 0 Å². The molecular formula is C13H18N2O4. The van der Waals surface area contributed by atoms with E-state index in [1.54, 1.807) is 25.1 Å². The third kappa shape index (κ3) is 5.29. The first-order valence-corrected chi connectivity index (χ1v) is 6.03. The van der Waals surface area contributed by atoms with Crippen LogP contribution >= 0.6 is 0 Å². The van der Waals surface area contributed by atoms with Crippen LogP contribution in [0.15, 0.2) is 18.2 Å². The number of carbonyl (C=O) groups is 2. The van der Waals surface area contributed by atoms with E-state index in [9.17, 15) is 14.7 Å². The van der Waals surface area contributed by atoms with Crippen molar-refractivity contribution < 1.29 is 19.4 Å². The van der Waals surface area contributed by atoms with Gasteiger partial charge in [-0.25, -0.2) is 4.79 Å². The van der Waals surface area contributed by atoms with E-state index in [1.165, 1.54) is 0 Å². The van der Waals surface area contributed by atoms with E-state index in [2.05, 4.69) is 10.6 Å². The first kappa shape index (κ1) is 14.8. The SMILES string of the molecule is CCOC(=O)CCNC(=O)Nc1ccc(C)cc1O. The quantitative estimate of drug-likeness (QED) is 0.560. The minimum Gasteiger partial charge on any atom is -0.506 e. The van der Waals surface area contributed by atoms with E-state index in [1.807, 2.05) is 6.92 Å². The zero-order valence-corrected chi connectivity index (χ0v) is 11.0. The molecule has 0 radical (unpaired) electrons. The van der Waals surface area contributed by atoms with Crippen molar-refractivity contribution in [1.29, 1.82) is 0 Å². The van der Waals surface area contributed by atoms with Gasteiger partial charge in [0.15, 0.2) is 0 Å². The minimum atomic E-state index is -0.483. The molecule has 19 heavy (non-hydrogen) atoms. The maximum atomic E-state index is 11.5. The molecule has 0 heterocycles. The van der Waals surface area contributed by atoms with Crippen molar-refractivity contribution in [3.63, 3.8) is 0 Å². The van der Waals surface area contributed by atoms with Crippen molar-refractivity contribution >= 4 is 17.7 Å². The van der Waals surface area contributed by atoms with Gasteiger partial charge in [0.1, 0.15) is 5.75 Å². The smallest absolute Gasteiger partial charge is 0.319 e. The molecule has 0 fully saturated rings. The van der Waals surface area contributed by atoms with Crippen LogP contribution in [-0.2, 0) is 9.53 Å². The molecule has 0 aliphatic heterocycles. The van der Waals surface area contributed by atoms with Crippen molar-refractivity contribution in [3.05, 3.63) is 23.8 Å². The standard InChI is InChI=1S/C13H18N2O4/c1-3-19-12(17)6-7-14-13(18)15-10-5-4-9(2)8-11(10)16/h4-5,8,16H,3,6-7H2,1-2H3,(H2,14,15,18). The summed E-state index contributed by atoms with van der Waals surface area (Å²) in [6.45, 7) is 4.06. The fourth-order valence-corrected chi connectivity index (χ4v) is 1.43. The lowest BCUT2D eigenvalue weighted by atomic mass is 10.2. The number of phenolic OH excluding ortho intramolecular Hbond substituents is 1. The van der Waals surface area contributed by atoms with Crippen LogP contribution in [0, 0.1) is 6.92 Å². The Morgan fingerprint density at radius 3 is 2.74 bits per heavy atom. The van der Waals surface area contributed by atoms with Crippen LogP contribution in [0.2, 0.25) is 0 Å². The van der Waals surface area contributed by atoms with Crippen LogP contribution < -0.4 is 10.6 Å². The highest BCUT2D eigenvalue weighted by atomic mass is 16.5. The van der Waals surface area contributed by atoms with Gasteiger partial charge in [-0.1, -0.05) is 6.07 Å². The van der Waals surface area contributed by atoms with Crippen molar-refractivity contribution in [1.82, 2.24) is 5.32 Å². The van der Waals surface area contributed by atoms with Crippen LogP contribution in [0.1, 0.15) is 18.9 Å². The molecule has 1 rings (SSSR count). The third-order valence-electron chi connectivity index (χ3n) is 2.32. The second-order valence-corrected chi connectivity index (χ2v) is 3.96. The molecule has 6 heteroatoms. The Bertz CT molecular complexity index is 460. The molecule has 2 amide bonds. The summed E-state index contributed by atoms with van der Waals surface area (Å²) in [7, 11) is 0. The summed E-state index contributed by atoms with van der Waals surface area (Å²) < 4.78 is 4.72. The van der Waals surface area contributed by atoms with Gasteiger partial charge in [0, 0.05) is 6.54 Å². The van der Waals surface area contributed by atoms with Crippen molar-refractivity contribution in [2.75, 3.05) is 18.5 Å². The number of anilines is 1. The molecule has 104 valence electrons. The number of aryl methyl sites for hydroxylation is 1. The van der Waals surface area contributed by atoms with Crippen LogP contribution in [0.25, 0.3) is 0 Å². The number of phenols is 1. The molecular weight excluding hydrogens is 248 g/mol. The first-order valence-electron chi connectivity index (χ1n) is 6.03. The van der Waals surface area contributed by atoms with Gasteiger partial charge in [0.05, 0.1) is 18.7 Å². The highest BCUT2D eigenvalue weighted by Gasteiger charge is 2.07. The summed E-state index contributed by atoms with van der Waals surface area (Å²) in [4.78, 5) is 22.5. The Morgan fingerprint density at radius 2 is 2.11 bits per heavy atom. The number of esters is 1. The molecule has 1 aromatic carbocycles. The molecule has 0 aliphatic carbocycles. The second-order valence-electron chi connectivity index (χ2n) is 3.96. The fraction of sp³-hybridized carbons (Fsp3) is 0.385. The maximum absolute atomic E-state index is 11.5. The van der Waals surface area contributed by atoms with E-state index < -0.39 is 6.03 Å². The largest absolute Gasteiger partial charge is 0.506 e. The van der Waals surface area contributed by atoms with Gasteiger partial charge >= 0.3 is 12.0 Å². The molecule has 0 saturated carbocycles. The van der Waals surface area contributed by atoms with E-state index in [0.717, 1.165) is 5.56 Å². The molecule has 0 aliphatic rings. The van der Waals surface area contributed by atoms with E-state index in [0.29, 0.717) is 12.3 Å². The number of carbonyl (C=O) groups excluding carboxylic acids is 2. The van der Waals surface area contributed by atoms with E-state index >= 15 is 0 Å². The zero-order valence-electron chi connectivity index (χ0n) is 11.0. The number of urea groups is 1. The van der Waals surface area contributed by atoms with Crippen LogP contribution in [-0.4, -0.2) is 30.3 Å². The summed E-state index contributed by atoms with van der Waals surface area (Å²) in [5.41, 5.74) is 1.21. The van der Waals surface area contributed by atoms with Crippen molar-refractivity contribution in [2.45, 2.75) is 20.3 Å². The molecule has 0 unspecified atom stereocenters. The van der Waals surface area contributed by atoms with Gasteiger partial charge < -0.3 is 20.5 Å². The molecule has 6 nitrogen and oxygen atoms in total. The Kier molecular flexibility index (Phi) is 5.66. The normalized spacial score (nSPS) is 9.79. The minimum absolute atomic E-state index is 0.000503. The lowest BCUT2D eigenvalue weighted by Crippen LogP contribution is -2.30. The molecule has 0 atom stereocenters. The lowest BCUT2D eigenvalue weighted by molar-refractivity contribution is -0.142. The number of nitrogens with one attached hydrogen (secondary N) is 2. The number of hydrogen-bond acceptors (Lipinski definition) is 4. The molecule has 0 spiro atoms. The number of ether oxygens (including phenoxy) is 1. The highest BCUT2D eigenvalue weighted by Crippen LogP contribution is 2.23. The Hall–Kier alpha value is -2.24. The van der Waals surface area contributed by atoms with Crippen LogP contribution in [0.5, 0.6) is 5.75 Å². The predicted octanol–water partition coefficient (Wildman–Crippen LogP) is 1.78. The summed E-state index contributed by atoms with van der Waals surface area (Å²) >= 11 is 0. The molecule has 0 saturated heterocycles. The summed E-state index contributed by atoms with van der Waals surface area (Å²) in [5, 5.41) is 14.6. The molecule has 0 bridgehead atoms. The van der Waals surface area contributed by atoms with Crippen LogP contribution in [0.3, 0.4) is 0 Å². The molecule has 0 aromatic heterocycles. The van der Waals surface area contributed by atoms with Gasteiger partial charge in [0.2, 0.25) is 0 Å². The van der Waals surface area contributed by atoms with Crippen molar-refractivity contribution in [2.24, 2.45) is 0 Å². The topological polar surface area (TPSA) is 87.7 Å². The van der Waals surface area contributed by atoms with Gasteiger partial charge in [-0.2, -0.15) is 0 Å². The average Bonchev–Trinajstić information content (AvgIpc) is 2.33. The van der Waals surface area contributed by atoms with Gasteiger partial charge in [-0.3, -0.25) is 4.79 Å². The molecule has 3 N–H and O–H groups in total. The second kappa shape index (κ2) is 7.25. The lowest BCUT2D eigenvalue weighted by Gasteiger charge is -2.09. The highest BCUT2D eigenvalue weighted by molar-refractivity contribution is 5.91. The summed E-state index contributed by atoms with van der Waals surface area (Å²) in [6.07, 6.45) is 0.112. The number of amides is 2. The van der Waals surface area contributed by atoms with Gasteiger partial charge in [-0.05, 0) is 31.5 Å². The Balaban J connectivity index is 2.37. The Labute approximate surface area is 111 Å². The zero-order chi connectivity index (χ0) is 14.3. The van der Waals surface area contributed by atoms with E-state index in [-0.39, 0.29) is 24.7 Å². The summed E-state index contributed by atoms with van der Waals surface area (Å²) in [5.74, 6) is -0.360. The van der Waals surface area contributed by atoms with Gasteiger partial charge in [0.25, 0.3) is 0 Å². The average molecular weight is 266 g/mol. The monoisotopic (exact) mass is 266 g/mol. The third-order valence-corrected chi connectivity index (χ3v) is 2.32. The number of rotatable bonds is 5. The number of benzene rings is 1. The Morgan fingerprint density at radius 1 is 1.37 bits per heavy atom. The maximum Gasteiger partial charge on any atom is 0.319 e. The molecule has 1 aromatic rings. The number of hydrogen-bond donors (Lipinski definition) is 3. The summed E-state index contributed by atoms with van der Waals surface area (Å²) in [6, 6.07) is 4.45. The first-order chi connectivity index (χ1) is 9.02. The fourth-order valence-electron chi connectivity index (χ4n) is 1.43. The van der Waals surface area contributed by atoms with Crippen LogP contribution in [0.4, 0.5) is 10.5 Å². The predicted molar refractivity (Wildman–Crippen MR) is 71.1 cm³/mol.